The summed E-state index contributed by atoms with van der Waals surface area (Å²) in [4.78, 5) is 6.71. The number of likely N-dealkylation sites (tertiary alicyclic amines) is 1. The van der Waals surface area contributed by atoms with Gasteiger partial charge in [0.25, 0.3) is 0 Å². The van der Waals surface area contributed by atoms with E-state index >= 15 is 0 Å². The van der Waals surface area contributed by atoms with Crippen LogP contribution in [0.4, 0.5) is 0 Å². The lowest BCUT2D eigenvalue weighted by Gasteiger charge is -2.33. The first kappa shape index (κ1) is 11.4. The van der Waals surface area contributed by atoms with E-state index in [1.165, 1.54) is 37.9 Å². The average Bonchev–Trinajstić information content (AvgIpc) is 2.52. The van der Waals surface area contributed by atoms with Gasteiger partial charge in [-0.05, 0) is 37.6 Å². The van der Waals surface area contributed by atoms with Crippen LogP contribution >= 0.6 is 0 Å². The third-order valence-corrected chi connectivity index (χ3v) is 3.38. The van der Waals surface area contributed by atoms with Crippen molar-refractivity contribution in [2.75, 3.05) is 26.7 Å². The lowest BCUT2D eigenvalue weighted by atomic mass is 10.0. The molecule has 1 unspecified atom stereocenters. The SMILES string of the molecule is C=C1CNC(=NC)C=CC1N1CCCCC1. The molecule has 2 rings (SSSR count). The molecular formula is C13H21N3. The van der Waals surface area contributed by atoms with Crippen LogP contribution in [0.3, 0.4) is 0 Å². The van der Waals surface area contributed by atoms with Gasteiger partial charge in [-0.15, -0.1) is 0 Å². The molecule has 1 saturated heterocycles. The largest absolute Gasteiger partial charge is 0.367 e. The number of aliphatic imine (C=N–C) groups is 1. The molecule has 88 valence electrons. The van der Waals surface area contributed by atoms with Crippen LogP contribution in [0, 0.1) is 0 Å². The highest BCUT2D eigenvalue weighted by Gasteiger charge is 2.22. The standard InChI is InChI=1S/C13H21N3/c1-11-10-15-13(14-2)7-6-12(11)16-8-4-3-5-9-16/h6-7,12H,1,3-5,8-10H2,2H3,(H,14,15). The van der Waals surface area contributed by atoms with Gasteiger partial charge in [0, 0.05) is 13.6 Å². The Balaban J connectivity index is 2.09. The molecule has 0 bridgehead atoms. The van der Waals surface area contributed by atoms with E-state index in [1.807, 2.05) is 7.05 Å². The first-order chi connectivity index (χ1) is 7.81. The van der Waals surface area contributed by atoms with E-state index in [0.29, 0.717) is 6.04 Å². The summed E-state index contributed by atoms with van der Waals surface area (Å²) in [5.41, 5.74) is 1.25. The second kappa shape index (κ2) is 5.30. The molecule has 1 fully saturated rings. The van der Waals surface area contributed by atoms with Gasteiger partial charge in [0.1, 0.15) is 5.84 Å². The van der Waals surface area contributed by atoms with Gasteiger partial charge in [0.15, 0.2) is 0 Å². The van der Waals surface area contributed by atoms with Crippen molar-refractivity contribution in [3.05, 3.63) is 24.3 Å². The van der Waals surface area contributed by atoms with Crippen LogP contribution < -0.4 is 5.32 Å². The lowest BCUT2D eigenvalue weighted by molar-refractivity contribution is 0.209. The Morgan fingerprint density at radius 3 is 2.81 bits per heavy atom. The Hall–Kier alpha value is -1.09. The van der Waals surface area contributed by atoms with Crippen molar-refractivity contribution in [3.63, 3.8) is 0 Å². The van der Waals surface area contributed by atoms with Crippen molar-refractivity contribution in [1.29, 1.82) is 0 Å². The Bertz CT molecular complexity index is 311. The predicted molar refractivity (Wildman–Crippen MR) is 68.9 cm³/mol. The number of hydrogen-bond donors (Lipinski definition) is 1. The molecule has 1 atom stereocenters. The highest BCUT2D eigenvalue weighted by Crippen LogP contribution is 2.18. The molecule has 3 heteroatoms. The van der Waals surface area contributed by atoms with E-state index in [2.05, 4.69) is 33.9 Å². The van der Waals surface area contributed by atoms with Gasteiger partial charge < -0.3 is 5.32 Å². The highest BCUT2D eigenvalue weighted by atomic mass is 15.2. The molecule has 2 heterocycles. The van der Waals surface area contributed by atoms with Gasteiger partial charge in [-0.1, -0.05) is 19.1 Å². The molecule has 3 nitrogen and oxygen atoms in total. The van der Waals surface area contributed by atoms with E-state index in [-0.39, 0.29) is 0 Å². The van der Waals surface area contributed by atoms with E-state index in [4.69, 9.17) is 0 Å². The van der Waals surface area contributed by atoms with E-state index in [9.17, 15) is 0 Å². The number of nitrogens with zero attached hydrogens (tertiary/aromatic N) is 2. The molecular weight excluding hydrogens is 198 g/mol. The number of piperidine rings is 1. The first-order valence-electron chi connectivity index (χ1n) is 6.12. The monoisotopic (exact) mass is 219 g/mol. The molecule has 1 N–H and O–H groups in total. The van der Waals surface area contributed by atoms with Gasteiger partial charge in [-0.2, -0.15) is 0 Å². The van der Waals surface area contributed by atoms with Crippen molar-refractivity contribution < 1.29 is 0 Å². The molecule has 0 amide bonds. The summed E-state index contributed by atoms with van der Waals surface area (Å²) in [6.45, 7) is 7.43. The fraction of sp³-hybridized carbons (Fsp3) is 0.615. The molecule has 0 saturated carbocycles. The Morgan fingerprint density at radius 2 is 2.12 bits per heavy atom. The zero-order valence-corrected chi connectivity index (χ0v) is 10.1. The summed E-state index contributed by atoms with van der Waals surface area (Å²) in [6.07, 6.45) is 8.33. The van der Waals surface area contributed by atoms with Gasteiger partial charge in [0.05, 0.1) is 6.04 Å². The van der Waals surface area contributed by atoms with E-state index in [1.54, 1.807) is 0 Å². The molecule has 0 aromatic carbocycles. The molecule has 2 aliphatic rings. The number of amidine groups is 1. The second-order valence-corrected chi connectivity index (χ2v) is 4.52. The molecule has 0 aliphatic carbocycles. The number of rotatable bonds is 1. The second-order valence-electron chi connectivity index (χ2n) is 4.52. The number of nitrogens with one attached hydrogen (secondary N) is 1. The van der Waals surface area contributed by atoms with Crippen molar-refractivity contribution in [2.45, 2.75) is 25.3 Å². The maximum absolute atomic E-state index is 4.19. The highest BCUT2D eigenvalue weighted by molar-refractivity contribution is 5.93. The summed E-state index contributed by atoms with van der Waals surface area (Å²) < 4.78 is 0. The zero-order chi connectivity index (χ0) is 11.4. The first-order valence-corrected chi connectivity index (χ1v) is 6.12. The van der Waals surface area contributed by atoms with Gasteiger partial charge in [-0.25, -0.2) is 0 Å². The van der Waals surface area contributed by atoms with Gasteiger partial charge in [-0.3, -0.25) is 9.89 Å². The molecule has 16 heavy (non-hydrogen) atoms. The zero-order valence-electron chi connectivity index (χ0n) is 10.1. The fourth-order valence-corrected chi connectivity index (χ4v) is 2.42. The third kappa shape index (κ3) is 2.53. The molecule has 2 aliphatic heterocycles. The van der Waals surface area contributed by atoms with Gasteiger partial charge >= 0.3 is 0 Å². The van der Waals surface area contributed by atoms with Crippen molar-refractivity contribution >= 4 is 5.84 Å². The smallest absolute Gasteiger partial charge is 0.120 e. The summed E-state index contributed by atoms with van der Waals surface area (Å²) in [7, 11) is 1.82. The van der Waals surface area contributed by atoms with Crippen LogP contribution in [-0.2, 0) is 0 Å². The quantitative estimate of drug-likeness (QED) is 0.678. The molecule has 0 spiro atoms. The van der Waals surface area contributed by atoms with E-state index in [0.717, 1.165) is 12.4 Å². The average molecular weight is 219 g/mol. The van der Waals surface area contributed by atoms with Crippen LogP contribution in [0.15, 0.2) is 29.3 Å². The minimum Gasteiger partial charge on any atom is -0.367 e. The predicted octanol–water partition coefficient (Wildman–Crippen LogP) is 1.58. The Kier molecular flexibility index (Phi) is 3.78. The third-order valence-electron chi connectivity index (χ3n) is 3.38. The van der Waals surface area contributed by atoms with Crippen molar-refractivity contribution in [1.82, 2.24) is 10.2 Å². The van der Waals surface area contributed by atoms with Gasteiger partial charge in [0.2, 0.25) is 0 Å². The lowest BCUT2D eigenvalue weighted by Crippen LogP contribution is -2.40. The number of hydrogen-bond acceptors (Lipinski definition) is 2. The summed E-state index contributed by atoms with van der Waals surface area (Å²) in [5, 5.41) is 3.29. The van der Waals surface area contributed by atoms with Crippen LogP contribution in [-0.4, -0.2) is 43.5 Å². The Morgan fingerprint density at radius 1 is 1.38 bits per heavy atom. The van der Waals surface area contributed by atoms with Crippen LogP contribution in [0.2, 0.25) is 0 Å². The van der Waals surface area contributed by atoms with Crippen LogP contribution in [0.5, 0.6) is 0 Å². The fourth-order valence-electron chi connectivity index (χ4n) is 2.42. The molecule has 0 aromatic rings. The topological polar surface area (TPSA) is 27.6 Å². The summed E-state index contributed by atoms with van der Waals surface area (Å²) in [6, 6.07) is 0.395. The summed E-state index contributed by atoms with van der Waals surface area (Å²) >= 11 is 0. The molecule has 0 aromatic heterocycles. The van der Waals surface area contributed by atoms with Crippen LogP contribution in [0.1, 0.15) is 19.3 Å². The van der Waals surface area contributed by atoms with Crippen molar-refractivity contribution in [2.24, 2.45) is 4.99 Å². The van der Waals surface area contributed by atoms with Crippen LogP contribution in [0.25, 0.3) is 0 Å². The van der Waals surface area contributed by atoms with Crippen molar-refractivity contribution in [3.8, 4) is 0 Å². The maximum atomic E-state index is 4.19. The van der Waals surface area contributed by atoms with E-state index < -0.39 is 0 Å². The minimum absolute atomic E-state index is 0.395. The Labute approximate surface area is 97.9 Å². The summed E-state index contributed by atoms with van der Waals surface area (Å²) in [5.74, 6) is 0.959. The normalized spacial score (nSPS) is 30.2. The maximum Gasteiger partial charge on any atom is 0.120 e. The minimum atomic E-state index is 0.395. The molecule has 0 radical (unpaired) electrons.